The van der Waals surface area contributed by atoms with Crippen molar-refractivity contribution in [1.29, 1.82) is 0 Å². The van der Waals surface area contributed by atoms with Crippen molar-refractivity contribution >= 4 is 39.4 Å². The second-order valence-corrected chi connectivity index (χ2v) is 10.3. The maximum Gasteiger partial charge on any atom is 0.271 e. The van der Waals surface area contributed by atoms with Crippen LogP contribution in [0, 0.1) is 6.92 Å². The van der Waals surface area contributed by atoms with Gasteiger partial charge < -0.3 is 0 Å². The quantitative estimate of drug-likeness (QED) is 0.237. The molecule has 0 aliphatic rings. The minimum Gasteiger partial charge on any atom is -0.267 e. The van der Waals surface area contributed by atoms with Gasteiger partial charge in [0.1, 0.15) is 0 Å². The van der Waals surface area contributed by atoms with E-state index in [2.05, 4.69) is 10.5 Å². The van der Waals surface area contributed by atoms with Crippen molar-refractivity contribution in [2.45, 2.75) is 18.4 Å². The van der Waals surface area contributed by atoms with Crippen LogP contribution in [-0.2, 0) is 16.6 Å². The minimum atomic E-state index is -3.88. The summed E-state index contributed by atoms with van der Waals surface area (Å²) in [6, 6.07) is 29.6. The molecule has 0 aromatic heterocycles. The molecule has 0 spiro atoms. The number of sulfonamides is 1. The summed E-state index contributed by atoms with van der Waals surface area (Å²) in [5.74, 6) is -0.367. The van der Waals surface area contributed by atoms with Crippen molar-refractivity contribution < 1.29 is 13.2 Å². The van der Waals surface area contributed by atoms with Crippen LogP contribution < -0.4 is 9.73 Å². The third kappa shape index (κ3) is 5.82. The third-order valence-electron chi connectivity index (χ3n) is 5.56. The summed E-state index contributed by atoms with van der Waals surface area (Å²) in [5.41, 5.74) is 5.62. The van der Waals surface area contributed by atoms with Gasteiger partial charge in [-0.05, 0) is 60.0 Å². The molecule has 0 unspecified atom stereocenters. The summed E-state index contributed by atoms with van der Waals surface area (Å²) < 4.78 is 28.6. The van der Waals surface area contributed by atoms with E-state index in [9.17, 15) is 13.2 Å². The maximum absolute atomic E-state index is 13.6. The topological polar surface area (TPSA) is 78.8 Å². The normalized spacial score (nSPS) is 11.4. The first kappa shape index (κ1) is 25.2. The van der Waals surface area contributed by atoms with Crippen LogP contribution in [0.4, 0.5) is 5.69 Å². The third-order valence-corrected chi connectivity index (χ3v) is 7.74. The number of rotatable bonds is 8. The number of hydrazone groups is 1. The van der Waals surface area contributed by atoms with Gasteiger partial charge in [0, 0.05) is 10.6 Å². The van der Waals surface area contributed by atoms with Gasteiger partial charge in [-0.1, -0.05) is 78.3 Å². The molecule has 0 fully saturated rings. The molecule has 0 aliphatic carbocycles. The Labute approximate surface area is 215 Å². The van der Waals surface area contributed by atoms with E-state index >= 15 is 0 Å². The summed E-state index contributed by atoms with van der Waals surface area (Å²) in [4.78, 5) is 12.6. The number of hydrogen-bond acceptors (Lipinski definition) is 4. The van der Waals surface area contributed by atoms with E-state index in [0.29, 0.717) is 27.4 Å². The molecule has 0 radical (unpaired) electrons. The Bertz CT molecular complexity index is 1470. The molecule has 0 heterocycles. The van der Waals surface area contributed by atoms with Gasteiger partial charge in [-0.15, -0.1) is 0 Å². The smallest absolute Gasteiger partial charge is 0.267 e. The van der Waals surface area contributed by atoms with Crippen LogP contribution in [0.2, 0.25) is 5.02 Å². The van der Waals surface area contributed by atoms with Gasteiger partial charge in [-0.25, -0.2) is 13.8 Å². The molecule has 0 bridgehead atoms. The van der Waals surface area contributed by atoms with Crippen LogP contribution in [0.25, 0.3) is 0 Å². The lowest BCUT2D eigenvalue weighted by Gasteiger charge is -2.26. The molecule has 1 N–H and O–H groups in total. The number of nitrogens with zero attached hydrogens (tertiary/aromatic N) is 2. The molecule has 182 valence electrons. The van der Waals surface area contributed by atoms with Crippen molar-refractivity contribution in [3.05, 3.63) is 130 Å². The van der Waals surface area contributed by atoms with Gasteiger partial charge in [0.25, 0.3) is 15.9 Å². The first-order chi connectivity index (χ1) is 17.4. The summed E-state index contributed by atoms with van der Waals surface area (Å²) >= 11 is 6.32. The number of nitrogens with one attached hydrogen (secondary N) is 1. The zero-order chi connectivity index (χ0) is 25.5. The van der Waals surface area contributed by atoms with Gasteiger partial charge >= 0.3 is 0 Å². The lowest BCUT2D eigenvalue weighted by atomic mass is 10.1. The maximum atomic E-state index is 13.6. The minimum absolute atomic E-state index is 0.0620. The summed E-state index contributed by atoms with van der Waals surface area (Å²) in [6.07, 6.45) is 1.56. The molecule has 36 heavy (non-hydrogen) atoms. The lowest BCUT2D eigenvalue weighted by Crippen LogP contribution is -2.31. The number of carbonyl (C=O) groups excluding carboxylic acids is 1. The second kappa shape index (κ2) is 11.2. The Morgan fingerprint density at radius 1 is 0.889 bits per heavy atom. The van der Waals surface area contributed by atoms with Crippen LogP contribution >= 0.6 is 11.6 Å². The van der Waals surface area contributed by atoms with Crippen LogP contribution in [-0.4, -0.2) is 20.5 Å². The molecule has 6 nitrogen and oxygen atoms in total. The summed E-state index contributed by atoms with van der Waals surface area (Å²) in [5, 5.41) is 4.46. The van der Waals surface area contributed by atoms with Crippen LogP contribution in [0.5, 0.6) is 0 Å². The monoisotopic (exact) mass is 517 g/mol. The molecule has 4 rings (SSSR count). The number of hydrogen-bond donors (Lipinski definition) is 1. The number of amides is 1. The van der Waals surface area contributed by atoms with Crippen molar-refractivity contribution in [3.8, 4) is 0 Å². The predicted octanol–water partition coefficient (Wildman–Crippen LogP) is 5.81. The van der Waals surface area contributed by atoms with Gasteiger partial charge in [0.2, 0.25) is 0 Å². The SMILES string of the molecule is Cc1c(Cl)cccc1N(Cc1ccc(C(=O)N/N=C\c2ccccc2)cc1)S(=O)(=O)c1ccccc1. The van der Waals surface area contributed by atoms with Crippen LogP contribution in [0.3, 0.4) is 0 Å². The number of carbonyl (C=O) groups is 1. The Kier molecular flexibility index (Phi) is 7.83. The largest absolute Gasteiger partial charge is 0.271 e. The van der Waals surface area contributed by atoms with E-state index in [1.54, 1.807) is 85.9 Å². The summed E-state index contributed by atoms with van der Waals surface area (Å²) in [6.45, 7) is 1.85. The highest BCUT2D eigenvalue weighted by atomic mass is 35.5. The zero-order valence-electron chi connectivity index (χ0n) is 19.5. The van der Waals surface area contributed by atoms with Crippen molar-refractivity contribution in [1.82, 2.24) is 5.43 Å². The van der Waals surface area contributed by atoms with Gasteiger partial charge in [0.15, 0.2) is 0 Å². The Morgan fingerprint density at radius 2 is 1.53 bits per heavy atom. The van der Waals surface area contributed by atoms with Gasteiger partial charge in [-0.3, -0.25) is 9.10 Å². The fourth-order valence-electron chi connectivity index (χ4n) is 3.58. The molecule has 8 heteroatoms. The van der Waals surface area contributed by atoms with Gasteiger partial charge in [-0.2, -0.15) is 5.10 Å². The van der Waals surface area contributed by atoms with Crippen LogP contribution in [0.15, 0.2) is 113 Å². The standard InChI is InChI=1S/C28H24ClN3O3S/c1-21-26(29)13-8-14-27(21)32(36(34,35)25-11-6-3-7-12-25)20-23-15-17-24(18-16-23)28(33)31-30-19-22-9-4-2-5-10-22/h2-19H,20H2,1H3,(H,31,33)/b30-19-. The second-order valence-electron chi connectivity index (χ2n) is 8.02. The fourth-order valence-corrected chi connectivity index (χ4v) is 5.28. The van der Waals surface area contributed by atoms with E-state index in [4.69, 9.17) is 11.6 Å². The average Bonchev–Trinajstić information content (AvgIpc) is 2.90. The highest BCUT2D eigenvalue weighted by Crippen LogP contribution is 2.32. The number of anilines is 1. The molecular weight excluding hydrogens is 494 g/mol. The number of halogens is 1. The lowest BCUT2D eigenvalue weighted by molar-refractivity contribution is 0.0955. The van der Waals surface area contributed by atoms with Crippen molar-refractivity contribution in [3.63, 3.8) is 0 Å². The molecule has 0 atom stereocenters. The Hall–Kier alpha value is -3.94. The summed E-state index contributed by atoms with van der Waals surface area (Å²) in [7, 11) is -3.88. The molecule has 0 saturated carbocycles. The Morgan fingerprint density at radius 3 is 2.19 bits per heavy atom. The fraction of sp³-hybridized carbons (Fsp3) is 0.0714. The highest BCUT2D eigenvalue weighted by Gasteiger charge is 2.27. The molecule has 0 saturated heterocycles. The zero-order valence-corrected chi connectivity index (χ0v) is 21.1. The van der Waals surface area contributed by atoms with E-state index in [-0.39, 0.29) is 17.3 Å². The van der Waals surface area contributed by atoms with E-state index in [0.717, 1.165) is 5.56 Å². The molecule has 0 aliphatic heterocycles. The molecular formula is C28H24ClN3O3S. The predicted molar refractivity (Wildman–Crippen MR) is 144 cm³/mol. The highest BCUT2D eigenvalue weighted by molar-refractivity contribution is 7.92. The van der Waals surface area contributed by atoms with E-state index in [1.807, 2.05) is 30.3 Å². The Balaban J connectivity index is 1.57. The van der Waals surface area contributed by atoms with E-state index in [1.165, 1.54) is 4.31 Å². The van der Waals surface area contributed by atoms with Gasteiger partial charge in [0.05, 0.1) is 23.3 Å². The first-order valence-electron chi connectivity index (χ1n) is 11.2. The molecule has 4 aromatic rings. The molecule has 1 amide bonds. The van der Waals surface area contributed by atoms with Crippen molar-refractivity contribution in [2.24, 2.45) is 5.10 Å². The average molecular weight is 518 g/mol. The molecule has 4 aromatic carbocycles. The van der Waals surface area contributed by atoms with Crippen LogP contribution in [0.1, 0.15) is 27.0 Å². The number of benzene rings is 4. The first-order valence-corrected chi connectivity index (χ1v) is 13.0. The van der Waals surface area contributed by atoms with Crippen molar-refractivity contribution in [2.75, 3.05) is 4.31 Å². The van der Waals surface area contributed by atoms with E-state index < -0.39 is 10.0 Å².